The Hall–Kier alpha value is -3.58. The van der Waals surface area contributed by atoms with Crippen LogP contribution in [0.5, 0.6) is 0 Å². The van der Waals surface area contributed by atoms with Crippen molar-refractivity contribution >= 4 is 53.4 Å². The summed E-state index contributed by atoms with van der Waals surface area (Å²) in [6.45, 7) is 2.62. The van der Waals surface area contributed by atoms with Crippen molar-refractivity contribution in [1.29, 1.82) is 0 Å². The molecular formula is C32H52N4O13S2. The highest BCUT2D eigenvalue weighted by atomic mass is 32.2. The number of aromatic nitrogens is 3. The largest absolute Gasteiger partial charge is 0.466 e. The number of hydrogen-bond donors (Lipinski definition) is 1. The third-order valence-corrected chi connectivity index (χ3v) is 8.76. The lowest BCUT2D eigenvalue weighted by molar-refractivity contribution is -0.144. The molecule has 0 aliphatic heterocycles. The molecule has 0 saturated heterocycles. The average molecular weight is 765 g/mol. The summed E-state index contributed by atoms with van der Waals surface area (Å²) in [7, 11) is 0. The highest BCUT2D eigenvalue weighted by Gasteiger charge is 2.17. The van der Waals surface area contributed by atoms with E-state index in [2.05, 4.69) is 0 Å². The molecule has 0 radical (unpaired) electrons. The molecule has 0 saturated carbocycles. The van der Waals surface area contributed by atoms with Gasteiger partial charge in [0.1, 0.15) is 19.8 Å². The van der Waals surface area contributed by atoms with Crippen LogP contribution in [0.15, 0.2) is 14.4 Å². The molecular weight excluding hydrogens is 713 g/mol. The monoisotopic (exact) mass is 764 g/mol. The Balaban J connectivity index is 2.74. The van der Waals surface area contributed by atoms with Crippen molar-refractivity contribution in [1.82, 2.24) is 13.7 Å². The number of carbonyl (C=O) groups is 5. The number of unbranched alkanes of at least 4 members (excludes halogenated alkanes) is 2. The number of hydrogen-bond acceptors (Lipinski definition) is 16. The highest BCUT2D eigenvalue weighted by Crippen LogP contribution is 2.08. The molecule has 1 rings (SSSR count). The predicted molar refractivity (Wildman–Crippen MR) is 191 cm³/mol. The topological polar surface area (TPSA) is 224 Å². The molecule has 0 aliphatic rings. The summed E-state index contributed by atoms with van der Waals surface area (Å²) in [6.07, 6.45) is 3.87. The molecule has 1 aromatic heterocycles. The summed E-state index contributed by atoms with van der Waals surface area (Å²) in [5.41, 5.74) is 2.33. The summed E-state index contributed by atoms with van der Waals surface area (Å²) >= 11 is 2.75. The van der Waals surface area contributed by atoms with E-state index in [0.717, 1.165) is 25.7 Å². The van der Waals surface area contributed by atoms with Crippen molar-refractivity contribution in [3.63, 3.8) is 0 Å². The molecule has 290 valence electrons. The van der Waals surface area contributed by atoms with Crippen LogP contribution in [0.25, 0.3) is 0 Å². The zero-order valence-electron chi connectivity index (χ0n) is 29.6. The summed E-state index contributed by atoms with van der Waals surface area (Å²) in [4.78, 5) is 99.0. The summed E-state index contributed by atoms with van der Waals surface area (Å²) in [5, 5.41) is 0. The first-order valence-corrected chi connectivity index (χ1v) is 19.4. The van der Waals surface area contributed by atoms with Crippen LogP contribution in [0, 0.1) is 0 Å². The van der Waals surface area contributed by atoms with Gasteiger partial charge in [-0.2, -0.15) is 23.5 Å². The van der Waals surface area contributed by atoms with E-state index in [1.165, 1.54) is 23.5 Å². The lowest BCUT2D eigenvalue weighted by Crippen LogP contribution is -2.55. The number of thioether (sulfide) groups is 2. The van der Waals surface area contributed by atoms with Gasteiger partial charge >= 0.3 is 46.9 Å². The zero-order chi connectivity index (χ0) is 37.9. The maximum absolute atomic E-state index is 13.2. The van der Waals surface area contributed by atoms with Gasteiger partial charge in [-0.15, -0.1) is 0 Å². The van der Waals surface area contributed by atoms with Gasteiger partial charge in [0.25, 0.3) is 0 Å². The number of nitrogens with two attached hydrogens (primary N) is 1. The molecule has 19 heteroatoms. The third-order valence-electron chi connectivity index (χ3n) is 6.79. The van der Waals surface area contributed by atoms with Gasteiger partial charge < -0.3 is 29.4 Å². The second kappa shape index (κ2) is 28.1. The van der Waals surface area contributed by atoms with Gasteiger partial charge in [0.2, 0.25) is 0 Å². The fraction of sp³-hybridized carbons (Fsp3) is 0.750. The molecule has 0 aromatic carbocycles. The number of nitrogens with zero attached hydrogens (tertiary/aromatic N) is 3. The summed E-state index contributed by atoms with van der Waals surface area (Å²) in [6, 6.07) is 0. The normalized spacial score (nSPS) is 10.8. The Morgan fingerprint density at radius 1 is 0.490 bits per heavy atom. The molecule has 2 N–H and O–H groups in total. The Kier molecular flexibility index (Phi) is 25.0. The van der Waals surface area contributed by atoms with E-state index >= 15 is 0 Å². The number of ether oxygens (including phenoxy) is 5. The van der Waals surface area contributed by atoms with Gasteiger partial charge in [0, 0.05) is 29.6 Å². The molecule has 1 heterocycles. The van der Waals surface area contributed by atoms with Crippen LogP contribution >= 0.6 is 23.5 Å². The molecule has 1 aromatic rings. The standard InChI is InChI=1S/C32H52N4O13S2/c1-3-5-16-45-26(38)8-21-50-23-10-28(40)48-19-14-35-30(42)34(13-18-47-25(37)7-12-33)31(43)36(32(35)44)15-20-49-29(41)11-24-51-22-9-27(39)46-17-6-4-2/h3-24,33H2,1-2H3. The second-order valence-electron chi connectivity index (χ2n) is 10.9. The Bertz CT molecular complexity index is 1320. The minimum atomic E-state index is -1.00. The molecule has 0 unspecified atom stereocenters. The van der Waals surface area contributed by atoms with Crippen molar-refractivity contribution in [2.24, 2.45) is 5.73 Å². The van der Waals surface area contributed by atoms with E-state index in [1.54, 1.807) is 0 Å². The quantitative estimate of drug-likeness (QED) is 0.0679. The van der Waals surface area contributed by atoms with Gasteiger partial charge in [-0.3, -0.25) is 24.0 Å². The van der Waals surface area contributed by atoms with Gasteiger partial charge in [0.15, 0.2) is 0 Å². The first-order valence-electron chi connectivity index (χ1n) is 17.1. The lowest BCUT2D eigenvalue weighted by atomic mass is 10.4. The van der Waals surface area contributed by atoms with Crippen LogP contribution < -0.4 is 22.8 Å². The van der Waals surface area contributed by atoms with Gasteiger partial charge in [-0.1, -0.05) is 26.7 Å². The fourth-order valence-electron chi connectivity index (χ4n) is 3.97. The third kappa shape index (κ3) is 20.2. The van der Waals surface area contributed by atoms with Crippen LogP contribution in [0.1, 0.15) is 71.6 Å². The van der Waals surface area contributed by atoms with Crippen molar-refractivity contribution in [3.05, 3.63) is 31.5 Å². The molecule has 51 heavy (non-hydrogen) atoms. The average Bonchev–Trinajstić information content (AvgIpc) is 3.09. The second-order valence-corrected chi connectivity index (χ2v) is 13.3. The first kappa shape index (κ1) is 45.4. The summed E-state index contributed by atoms with van der Waals surface area (Å²) in [5.74, 6) is -0.688. The van der Waals surface area contributed by atoms with Gasteiger partial charge in [0.05, 0.1) is 65.0 Å². The van der Waals surface area contributed by atoms with Crippen molar-refractivity contribution in [3.8, 4) is 0 Å². The van der Waals surface area contributed by atoms with E-state index in [1.807, 2.05) is 13.8 Å². The predicted octanol–water partition coefficient (Wildman–Crippen LogP) is 0.864. The van der Waals surface area contributed by atoms with E-state index in [-0.39, 0.29) is 90.0 Å². The lowest BCUT2D eigenvalue weighted by Gasteiger charge is -2.14. The Morgan fingerprint density at radius 2 is 0.765 bits per heavy atom. The van der Waals surface area contributed by atoms with Crippen LogP contribution in [-0.4, -0.2) is 106 Å². The molecule has 0 spiro atoms. The maximum Gasteiger partial charge on any atom is 0.336 e. The first-order chi connectivity index (χ1) is 24.5. The molecule has 0 bridgehead atoms. The molecule has 17 nitrogen and oxygen atoms in total. The SMILES string of the molecule is CCCCOC(=O)CCSCCC(=O)OCCn1c(=O)n(CCOC(=O)CCN)c(=O)n(CCOC(=O)CCSCCC(=O)OCCCC)c1=O. The molecule has 0 atom stereocenters. The van der Waals surface area contributed by atoms with Gasteiger partial charge in [-0.05, 0) is 12.8 Å². The van der Waals surface area contributed by atoms with Crippen LogP contribution in [0.4, 0.5) is 0 Å². The Labute approximate surface area is 305 Å². The van der Waals surface area contributed by atoms with Crippen LogP contribution in [0.2, 0.25) is 0 Å². The van der Waals surface area contributed by atoms with E-state index in [4.69, 9.17) is 29.4 Å². The maximum atomic E-state index is 13.2. The van der Waals surface area contributed by atoms with Crippen LogP contribution in [-0.2, 0) is 67.3 Å². The minimum absolute atomic E-state index is 0.0256. The van der Waals surface area contributed by atoms with Crippen molar-refractivity contribution in [2.75, 3.05) is 62.6 Å². The summed E-state index contributed by atoms with van der Waals surface area (Å²) < 4.78 is 27.7. The van der Waals surface area contributed by atoms with Crippen molar-refractivity contribution < 1.29 is 47.7 Å². The minimum Gasteiger partial charge on any atom is -0.466 e. The number of rotatable bonds is 29. The smallest absolute Gasteiger partial charge is 0.336 e. The fourth-order valence-corrected chi connectivity index (χ4v) is 5.63. The van der Waals surface area contributed by atoms with E-state index in [0.29, 0.717) is 49.9 Å². The zero-order valence-corrected chi connectivity index (χ0v) is 31.2. The number of carbonyl (C=O) groups excluding carboxylic acids is 5. The van der Waals surface area contributed by atoms with Crippen LogP contribution in [0.3, 0.4) is 0 Å². The van der Waals surface area contributed by atoms with Gasteiger partial charge in [-0.25, -0.2) is 28.1 Å². The van der Waals surface area contributed by atoms with E-state index < -0.39 is 35.0 Å². The Morgan fingerprint density at radius 3 is 1.04 bits per heavy atom. The molecule has 0 fully saturated rings. The van der Waals surface area contributed by atoms with E-state index in [9.17, 15) is 38.4 Å². The number of esters is 5. The highest BCUT2D eigenvalue weighted by molar-refractivity contribution is 7.99. The molecule has 0 aliphatic carbocycles. The molecule has 0 amide bonds. The van der Waals surface area contributed by atoms with Crippen molar-refractivity contribution in [2.45, 2.75) is 91.3 Å².